The summed E-state index contributed by atoms with van der Waals surface area (Å²) in [6.07, 6.45) is 2.70. The van der Waals surface area contributed by atoms with Crippen LogP contribution in [0.2, 0.25) is 0 Å². The first-order chi connectivity index (χ1) is 8.29. The van der Waals surface area contributed by atoms with Crippen LogP contribution in [0.1, 0.15) is 18.5 Å². The summed E-state index contributed by atoms with van der Waals surface area (Å²) in [6.45, 7) is 4.66. The van der Waals surface area contributed by atoms with Gasteiger partial charge in [0.25, 0.3) is 0 Å². The molecule has 1 aromatic rings. The molecule has 0 N–H and O–H groups in total. The maximum atomic E-state index is 5.80. The lowest BCUT2D eigenvalue weighted by molar-refractivity contribution is 0.346. The first-order valence-electron chi connectivity index (χ1n) is 6.25. The Hall–Kier alpha value is -0.800. The van der Waals surface area contributed by atoms with E-state index < -0.39 is 0 Å². The van der Waals surface area contributed by atoms with Crippen LogP contribution in [0, 0.1) is 0 Å². The molecule has 0 bridgehead atoms. The van der Waals surface area contributed by atoms with E-state index in [1.54, 1.807) is 0 Å². The molecule has 17 heavy (non-hydrogen) atoms. The lowest BCUT2D eigenvalue weighted by atomic mass is 10.3. The molecule has 94 valence electrons. The number of halogens is 1. The molecular formula is C13H20ClN3. The molecule has 0 unspecified atom stereocenters. The number of alkyl halides is 1. The van der Waals surface area contributed by atoms with Gasteiger partial charge in [0.05, 0.1) is 11.6 Å². The zero-order chi connectivity index (χ0) is 12.1. The van der Waals surface area contributed by atoms with Gasteiger partial charge in [0.1, 0.15) is 5.82 Å². The van der Waals surface area contributed by atoms with Gasteiger partial charge in [0, 0.05) is 20.1 Å². The number of nitrogens with zero attached hydrogens (tertiary/aromatic N) is 3. The van der Waals surface area contributed by atoms with Crippen LogP contribution < -0.4 is 4.90 Å². The summed E-state index contributed by atoms with van der Waals surface area (Å²) in [4.78, 5) is 9.23. The lowest BCUT2D eigenvalue weighted by Gasteiger charge is -2.22. The van der Waals surface area contributed by atoms with Crippen molar-refractivity contribution in [1.82, 2.24) is 9.88 Å². The van der Waals surface area contributed by atoms with Gasteiger partial charge in [-0.15, -0.1) is 11.6 Å². The molecule has 1 aromatic heterocycles. The Morgan fingerprint density at radius 1 is 1.35 bits per heavy atom. The first kappa shape index (κ1) is 12.7. The molecule has 0 radical (unpaired) electrons. The molecule has 0 saturated carbocycles. The van der Waals surface area contributed by atoms with Gasteiger partial charge in [-0.2, -0.15) is 0 Å². The van der Waals surface area contributed by atoms with E-state index in [4.69, 9.17) is 11.6 Å². The van der Waals surface area contributed by atoms with E-state index in [1.165, 1.54) is 25.9 Å². The van der Waals surface area contributed by atoms with Crippen LogP contribution >= 0.6 is 11.6 Å². The molecule has 3 nitrogen and oxygen atoms in total. The van der Waals surface area contributed by atoms with Gasteiger partial charge in [-0.05, 0) is 38.1 Å². The highest BCUT2D eigenvalue weighted by molar-refractivity contribution is 6.16. The van der Waals surface area contributed by atoms with Crippen LogP contribution in [0.4, 0.5) is 5.82 Å². The van der Waals surface area contributed by atoms with E-state index in [2.05, 4.69) is 21.8 Å². The Labute approximate surface area is 108 Å². The summed E-state index contributed by atoms with van der Waals surface area (Å²) in [5, 5.41) is 0. The van der Waals surface area contributed by atoms with E-state index >= 15 is 0 Å². The van der Waals surface area contributed by atoms with Crippen LogP contribution in [-0.4, -0.2) is 43.1 Å². The van der Waals surface area contributed by atoms with E-state index in [0.717, 1.165) is 24.6 Å². The molecule has 1 aliphatic heterocycles. The Morgan fingerprint density at radius 2 is 2.12 bits per heavy atom. The zero-order valence-electron chi connectivity index (χ0n) is 10.4. The van der Waals surface area contributed by atoms with Crippen LogP contribution in [0.15, 0.2) is 18.2 Å². The molecule has 0 atom stereocenters. The third-order valence-electron chi connectivity index (χ3n) is 3.27. The Bertz CT molecular complexity index is 350. The fourth-order valence-electron chi connectivity index (χ4n) is 2.17. The number of hydrogen-bond acceptors (Lipinski definition) is 3. The van der Waals surface area contributed by atoms with Crippen molar-refractivity contribution in [3.05, 3.63) is 23.9 Å². The number of rotatable bonds is 5. The normalized spacial score (nSPS) is 16.4. The highest BCUT2D eigenvalue weighted by atomic mass is 35.5. The van der Waals surface area contributed by atoms with Crippen LogP contribution in [0.25, 0.3) is 0 Å². The minimum absolute atomic E-state index is 0.480. The van der Waals surface area contributed by atoms with Crippen molar-refractivity contribution in [2.45, 2.75) is 18.7 Å². The number of hydrogen-bond donors (Lipinski definition) is 0. The maximum Gasteiger partial charge on any atom is 0.128 e. The average molecular weight is 254 g/mol. The third-order valence-corrected chi connectivity index (χ3v) is 3.54. The third kappa shape index (κ3) is 3.58. The van der Waals surface area contributed by atoms with Crippen LogP contribution in [-0.2, 0) is 5.88 Å². The van der Waals surface area contributed by atoms with Crippen molar-refractivity contribution in [3.8, 4) is 0 Å². The topological polar surface area (TPSA) is 19.4 Å². The van der Waals surface area contributed by atoms with Crippen molar-refractivity contribution in [1.29, 1.82) is 0 Å². The van der Waals surface area contributed by atoms with Crippen molar-refractivity contribution >= 4 is 17.4 Å². The monoisotopic (exact) mass is 253 g/mol. The second-order valence-electron chi connectivity index (χ2n) is 4.59. The molecule has 1 saturated heterocycles. The van der Waals surface area contributed by atoms with E-state index in [-0.39, 0.29) is 0 Å². The SMILES string of the molecule is CN(CCN1CCCC1)c1cccc(CCl)n1. The molecule has 0 amide bonds. The predicted octanol–water partition coefficient (Wildman–Crippen LogP) is 2.35. The molecule has 0 aromatic carbocycles. The Kier molecular flexibility index (Phi) is 4.63. The minimum atomic E-state index is 0.480. The molecular weight excluding hydrogens is 234 g/mol. The summed E-state index contributed by atoms with van der Waals surface area (Å²) in [5.41, 5.74) is 0.942. The van der Waals surface area contributed by atoms with Crippen LogP contribution in [0.3, 0.4) is 0 Å². The van der Waals surface area contributed by atoms with Gasteiger partial charge in [-0.25, -0.2) is 4.98 Å². The van der Waals surface area contributed by atoms with Gasteiger partial charge < -0.3 is 9.80 Å². The fourth-order valence-corrected chi connectivity index (χ4v) is 2.31. The van der Waals surface area contributed by atoms with Crippen molar-refractivity contribution in [2.75, 3.05) is 38.1 Å². The first-order valence-corrected chi connectivity index (χ1v) is 6.78. The van der Waals surface area contributed by atoms with Crippen molar-refractivity contribution in [2.24, 2.45) is 0 Å². The second-order valence-corrected chi connectivity index (χ2v) is 4.86. The fraction of sp³-hybridized carbons (Fsp3) is 0.615. The quantitative estimate of drug-likeness (QED) is 0.751. The van der Waals surface area contributed by atoms with E-state index in [1.807, 2.05) is 18.2 Å². The van der Waals surface area contributed by atoms with Gasteiger partial charge in [-0.3, -0.25) is 0 Å². The molecule has 4 heteroatoms. The van der Waals surface area contributed by atoms with Gasteiger partial charge in [0.2, 0.25) is 0 Å². The average Bonchev–Trinajstić information content (AvgIpc) is 2.89. The van der Waals surface area contributed by atoms with E-state index in [9.17, 15) is 0 Å². The molecule has 1 aliphatic rings. The molecule has 2 rings (SSSR count). The van der Waals surface area contributed by atoms with Crippen molar-refractivity contribution < 1.29 is 0 Å². The highest BCUT2D eigenvalue weighted by Crippen LogP contribution is 2.12. The van der Waals surface area contributed by atoms with Crippen LogP contribution in [0.5, 0.6) is 0 Å². The number of likely N-dealkylation sites (N-methyl/N-ethyl adjacent to an activating group) is 1. The molecule has 0 spiro atoms. The minimum Gasteiger partial charge on any atom is -0.358 e. The second kappa shape index (κ2) is 6.22. The van der Waals surface area contributed by atoms with Crippen molar-refractivity contribution in [3.63, 3.8) is 0 Å². The summed E-state index contributed by atoms with van der Waals surface area (Å²) < 4.78 is 0. The Balaban J connectivity index is 1.87. The number of anilines is 1. The highest BCUT2D eigenvalue weighted by Gasteiger charge is 2.12. The molecule has 2 heterocycles. The molecule has 0 aliphatic carbocycles. The summed E-state index contributed by atoms with van der Waals surface area (Å²) >= 11 is 5.80. The summed E-state index contributed by atoms with van der Waals surface area (Å²) in [7, 11) is 2.09. The number of aromatic nitrogens is 1. The standard InChI is InChI=1S/C13H20ClN3/c1-16(9-10-17-7-2-3-8-17)13-6-4-5-12(11-14)15-13/h4-6H,2-3,7-11H2,1H3. The maximum absolute atomic E-state index is 5.80. The number of likely N-dealkylation sites (tertiary alicyclic amines) is 1. The zero-order valence-corrected chi connectivity index (χ0v) is 11.2. The Morgan fingerprint density at radius 3 is 2.82 bits per heavy atom. The summed E-state index contributed by atoms with van der Waals surface area (Å²) in [5.74, 6) is 1.50. The number of pyridine rings is 1. The van der Waals surface area contributed by atoms with Gasteiger partial charge >= 0.3 is 0 Å². The van der Waals surface area contributed by atoms with Gasteiger partial charge in [0.15, 0.2) is 0 Å². The summed E-state index contributed by atoms with van der Waals surface area (Å²) in [6, 6.07) is 6.03. The van der Waals surface area contributed by atoms with Gasteiger partial charge in [-0.1, -0.05) is 6.07 Å². The lowest BCUT2D eigenvalue weighted by Crippen LogP contribution is -2.31. The predicted molar refractivity (Wildman–Crippen MR) is 72.7 cm³/mol. The largest absolute Gasteiger partial charge is 0.358 e. The molecule has 1 fully saturated rings. The van der Waals surface area contributed by atoms with E-state index in [0.29, 0.717) is 5.88 Å². The smallest absolute Gasteiger partial charge is 0.128 e.